The summed E-state index contributed by atoms with van der Waals surface area (Å²) in [6.07, 6.45) is 1.18. The van der Waals surface area contributed by atoms with Crippen LogP contribution < -0.4 is 9.64 Å². The number of carbonyl (C=O) groups excluding carboxylic acids is 1. The third-order valence-corrected chi connectivity index (χ3v) is 5.58. The van der Waals surface area contributed by atoms with E-state index in [1.807, 2.05) is 34.1 Å². The van der Waals surface area contributed by atoms with Crippen molar-refractivity contribution in [2.45, 2.75) is 11.4 Å². The van der Waals surface area contributed by atoms with Crippen molar-refractivity contribution in [3.8, 4) is 5.75 Å². The highest BCUT2D eigenvalue weighted by atomic mass is 32.2. The SMILES string of the molecule is COc1cccc(CN2CCN(c3ccc(S(C)(=O)=O)cc3)CC2=O)c1. The molecule has 0 N–H and O–H groups in total. The normalized spacial score (nSPS) is 15.2. The van der Waals surface area contributed by atoms with Gasteiger partial charge in [-0.05, 0) is 42.0 Å². The van der Waals surface area contributed by atoms with Crippen LogP contribution in [0.25, 0.3) is 0 Å². The van der Waals surface area contributed by atoms with Gasteiger partial charge in [-0.3, -0.25) is 4.79 Å². The van der Waals surface area contributed by atoms with Gasteiger partial charge in [0.05, 0.1) is 18.6 Å². The second kappa shape index (κ2) is 7.37. The van der Waals surface area contributed by atoms with E-state index in [0.717, 1.165) is 17.0 Å². The van der Waals surface area contributed by atoms with Crippen LogP contribution >= 0.6 is 0 Å². The van der Waals surface area contributed by atoms with E-state index in [0.29, 0.717) is 19.6 Å². The van der Waals surface area contributed by atoms with Gasteiger partial charge in [0.25, 0.3) is 0 Å². The quantitative estimate of drug-likeness (QED) is 0.800. The number of rotatable bonds is 5. The average molecular weight is 374 g/mol. The Kier molecular flexibility index (Phi) is 5.18. The topological polar surface area (TPSA) is 66.9 Å². The molecule has 0 atom stereocenters. The molecule has 2 aromatic carbocycles. The number of piperazine rings is 1. The number of hydrogen-bond acceptors (Lipinski definition) is 5. The zero-order chi connectivity index (χ0) is 18.7. The number of carbonyl (C=O) groups is 1. The predicted octanol–water partition coefficient (Wildman–Crippen LogP) is 1.95. The van der Waals surface area contributed by atoms with E-state index < -0.39 is 9.84 Å². The van der Waals surface area contributed by atoms with Crippen LogP contribution in [0, 0.1) is 0 Å². The van der Waals surface area contributed by atoms with Gasteiger partial charge in [0.2, 0.25) is 5.91 Å². The molecule has 0 aromatic heterocycles. The Bertz CT molecular complexity index is 894. The third kappa shape index (κ3) is 4.16. The molecule has 138 valence electrons. The average Bonchev–Trinajstić information content (AvgIpc) is 2.63. The Morgan fingerprint density at radius 2 is 1.81 bits per heavy atom. The number of anilines is 1. The third-order valence-electron chi connectivity index (χ3n) is 4.46. The van der Waals surface area contributed by atoms with Crippen molar-refractivity contribution in [1.82, 2.24) is 4.90 Å². The zero-order valence-electron chi connectivity index (χ0n) is 14.9. The molecule has 1 fully saturated rings. The van der Waals surface area contributed by atoms with Crippen molar-refractivity contribution in [2.75, 3.05) is 37.9 Å². The van der Waals surface area contributed by atoms with E-state index in [-0.39, 0.29) is 17.3 Å². The van der Waals surface area contributed by atoms with Crippen LogP contribution in [-0.4, -0.2) is 52.2 Å². The maximum atomic E-state index is 12.5. The summed E-state index contributed by atoms with van der Waals surface area (Å²) >= 11 is 0. The number of hydrogen-bond donors (Lipinski definition) is 0. The van der Waals surface area contributed by atoms with Crippen LogP contribution in [-0.2, 0) is 21.2 Å². The number of amides is 1. The van der Waals surface area contributed by atoms with Crippen molar-refractivity contribution in [2.24, 2.45) is 0 Å². The summed E-state index contributed by atoms with van der Waals surface area (Å²) in [6, 6.07) is 14.4. The van der Waals surface area contributed by atoms with Gasteiger partial charge < -0.3 is 14.5 Å². The maximum Gasteiger partial charge on any atom is 0.242 e. The summed E-state index contributed by atoms with van der Waals surface area (Å²) in [5.74, 6) is 0.825. The minimum absolute atomic E-state index is 0.0475. The van der Waals surface area contributed by atoms with Gasteiger partial charge in [0, 0.05) is 31.6 Å². The van der Waals surface area contributed by atoms with E-state index >= 15 is 0 Å². The summed E-state index contributed by atoms with van der Waals surface area (Å²) in [5, 5.41) is 0. The van der Waals surface area contributed by atoms with Crippen molar-refractivity contribution in [3.05, 3.63) is 54.1 Å². The van der Waals surface area contributed by atoms with Crippen LogP contribution in [0.4, 0.5) is 5.69 Å². The van der Waals surface area contributed by atoms with Crippen molar-refractivity contribution in [1.29, 1.82) is 0 Å². The van der Waals surface area contributed by atoms with Crippen LogP contribution in [0.2, 0.25) is 0 Å². The number of nitrogens with zero attached hydrogens (tertiary/aromatic N) is 2. The highest BCUT2D eigenvalue weighted by Crippen LogP contribution is 2.21. The smallest absolute Gasteiger partial charge is 0.242 e. The molecule has 0 spiro atoms. The largest absolute Gasteiger partial charge is 0.497 e. The van der Waals surface area contributed by atoms with Crippen LogP contribution in [0.1, 0.15) is 5.56 Å². The van der Waals surface area contributed by atoms with E-state index in [4.69, 9.17) is 4.74 Å². The molecule has 1 aliphatic rings. The molecule has 1 amide bonds. The molecule has 0 saturated carbocycles. The molecular weight excluding hydrogens is 352 g/mol. The van der Waals surface area contributed by atoms with Gasteiger partial charge in [-0.2, -0.15) is 0 Å². The van der Waals surface area contributed by atoms with Crippen molar-refractivity contribution >= 4 is 21.4 Å². The second-order valence-corrected chi connectivity index (χ2v) is 8.37. The number of sulfone groups is 1. The summed E-state index contributed by atoms with van der Waals surface area (Å²) in [7, 11) is -1.59. The van der Waals surface area contributed by atoms with Gasteiger partial charge in [-0.1, -0.05) is 12.1 Å². The summed E-state index contributed by atoms with van der Waals surface area (Å²) in [4.78, 5) is 16.6. The number of benzene rings is 2. The fourth-order valence-electron chi connectivity index (χ4n) is 2.99. The van der Waals surface area contributed by atoms with E-state index in [1.165, 1.54) is 6.26 Å². The minimum Gasteiger partial charge on any atom is -0.497 e. The van der Waals surface area contributed by atoms with Gasteiger partial charge in [0.15, 0.2) is 9.84 Å². The number of ether oxygens (including phenoxy) is 1. The predicted molar refractivity (Wildman–Crippen MR) is 100 cm³/mol. The van der Waals surface area contributed by atoms with Crippen molar-refractivity contribution < 1.29 is 17.9 Å². The number of methoxy groups -OCH3 is 1. The molecule has 2 aromatic rings. The molecule has 1 aliphatic heterocycles. The summed E-state index contributed by atoms with van der Waals surface area (Å²) in [6.45, 7) is 2.15. The van der Waals surface area contributed by atoms with Crippen LogP contribution in [0.3, 0.4) is 0 Å². The first-order chi connectivity index (χ1) is 12.4. The standard InChI is InChI=1S/C19H22N2O4S/c1-25-17-5-3-4-15(12-17)13-21-11-10-20(14-19(21)22)16-6-8-18(9-7-16)26(2,23)24/h3-9,12H,10-11,13-14H2,1-2H3. The fraction of sp³-hybridized carbons (Fsp3) is 0.316. The monoisotopic (exact) mass is 374 g/mol. The molecule has 1 heterocycles. The Morgan fingerprint density at radius 1 is 1.08 bits per heavy atom. The van der Waals surface area contributed by atoms with Crippen molar-refractivity contribution in [3.63, 3.8) is 0 Å². The lowest BCUT2D eigenvalue weighted by molar-refractivity contribution is -0.131. The minimum atomic E-state index is -3.21. The molecule has 0 aliphatic carbocycles. The summed E-state index contributed by atoms with van der Waals surface area (Å²) < 4.78 is 28.3. The Balaban J connectivity index is 1.65. The molecule has 0 bridgehead atoms. The Labute approximate surface area is 153 Å². The first-order valence-electron chi connectivity index (χ1n) is 8.32. The lowest BCUT2D eigenvalue weighted by Crippen LogP contribution is -2.50. The lowest BCUT2D eigenvalue weighted by atomic mass is 10.1. The van der Waals surface area contributed by atoms with E-state index in [1.54, 1.807) is 31.4 Å². The second-order valence-electron chi connectivity index (χ2n) is 6.35. The molecule has 0 radical (unpaired) electrons. The molecular formula is C19H22N2O4S. The summed E-state index contributed by atoms with van der Waals surface area (Å²) in [5.41, 5.74) is 1.88. The van der Waals surface area contributed by atoms with Gasteiger partial charge >= 0.3 is 0 Å². The molecule has 1 saturated heterocycles. The first-order valence-corrected chi connectivity index (χ1v) is 10.2. The maximum absolute atomic E-state index is 12.5. The zero-order valence-corrected chi connectivity index (χ0v) is 15.7. The fourth-order valence-corrected chi connectivity index (χ4v) is 3.62. The van der Waals surface area contributed by atoms with E-state index in [9.17, 15) is 13.2 Å². The molecule has 0 unspecified atom stereocenters. The van der Waals surface area contributed by atoms with Gasteiger partial charge in [0.1, 0.15) is 5.75 Å². The van der Waals surface area contributed by atoms with E-state index in [2.05, 4.69) is 0 Å². The molecule has 6 nitrogen and oxygen atoms in total. The van der Waals surface area contributed by atoms with Crippen LogP contribution in [0.5, 0.6) is 5.75 Å². The highest BCUT2D eigenvalue weighted by Gasteiger charge is 2.24. The first kappa shape index (κ1) is 18.3. The molecule has 26 heavy (non-hydrogen) atoms. The Hall–Kier alpha value is -2.54. The Morgan fingerprint density at radius 3 is 2.42 bits per heavy atom. The molecule has 7 heteroatoms. The highest BCUT2D eigenvalue weighted by molar-refractivity contribution is 7.90. The van der Waals surface area contributed by atoms with Gasteiger partial charge in [-0.25, -0.2) is 8.42 Å². The van der Waals surface area contributed by atoms with Gasteiger partial charge in [-0.15, -0.1) is 0 Å². The lowest BCUT2D eigenvalue weighted by Gasteiger charge is -2.35. The molecule has 3 rings (SSSR count). The van der Waals surface area contributed by atoms with Crippen LogP contribution in [0.15, 0.2) is 53.4 Å².